The fraction of sp³-hybridized carbons (Fsp3) is 0.632. The fourth-order valence-electron chi connectivity index (χ4n) is 3.33. The molecule has 1 unspecified atom stereocenters. The fourth-order valence-corrected chi connectivity index (χ4v) is 3.33. The molecule has 2 aliphatic rings. The second-order valence-corrected chi connectivity index (χ2v) is 8.05. The van der Waals surface area contributed by atoms with Crippen LogP contribution in [0.1, 0.15) is 64.2 Å². The third-order valence-corrected chi connectivity index (χ3v) is 5.75. The maximum atomic E-state index is 12.7. The summed E-state index contributed by atoms with van der Waals surface area (Å²) in [5.74, 6) is 0.127. The maximum absolute atomic E-state index is 12.7. The number of likely N-dealkylation sites (tertiary alicyclic amines) is 1. The van der Waals surface area contributed by atoms with Crippen LogP contribution in [0.5, 0.6) is 0 Å². The molecule has 0 spiro atoms. The van der Waals surface area contributed by atoms with Gasteiger partial charge in [0.2, 0.25) is 0 Å². The van der Waals surface area contributed by atoms with Gasteiger partial charge in [-0.25, -0.2) is 0 Å². The summed E-state index contributed by atoms with van der Waals surface area (Å²) in [6, 6.07) is 8.01. The van der Waals surface area contributed by atoms with Crippen LogP contribution in [0.15, 0.2) is 24.3 Å². The number of benzene rings is 1. The first-order valence-electron chi connectivity index (χ1n) is 8.98. The van der Waals surface area contributed by atoms with Gasteiger partial charge in [-0.15, -0.1) is 0 Å². The molecular weight excluding hydrogens is 301 g/mol. The summed E-state index contributed by atoms with van der Waals surface area (Å²) >= 11 is 0. The molecule has 0 saturated carbocycles. The van der Waals surface area contributed by atoms with E-state index in [2.05, 4.69) is 6.92 Å². The molecular formula is C19H28BNO3. The van der Waals surface area contributed by atoms with Gasteiger partial charge in [-0.1, -0.05) is 12.1 Å². The number of carbonyl (C=O) groups excluding carboxylic acids is 1. The van der Waals surface area contributed by atoms with E-state index in [9.17, 15) is 4.79 Å². The van der Waals surface area contributed by atoms with Crippen LogP contribution < -0.4 is 5.46 Å². The van der Waals surface area contributed by atoms with E-state index < -0.39 is 0 Å². The highest BCUT2D eigenvalue weighted by Crippen LogP contribution is 2.36. The van der Waals surface area contributed by atoms with Crippen molar-refractivity contribution in [3.05, 3.63) is 29.8 Å². The molecule has 24 heavy (non-hydrogen) atoms. The van der Waals surface area contributed by atoms with Gasteiger partial charge in [0, 0.05) is 18.2 Å². The van der Waals surface area contributed by atoms with E-state index >= 15 is 0 Å². The minimum absolute atomic E-state index is 0.127. The second-order valence-electron chi connectivity index (χ2n) is 8.05. The first-order valence-corrected chi connectivity index (χ1v) is 8.98. The standard InChI is InChI=1S/C19H28BNO3/c1-14-8-6-7-13-21(14)17(22)15-9-11-16(12-10-15)20-23-18(2,3)19(4,5)24-20/h9-12,14H,6-8,13H2,1-5H3. The van der Waals surface area contributed by atoms with Crippen molar-refractivity contribution in [3.63, 3.8) is 0 Å². The number of amides is 1. The van der Waals surface area contributed by atoms with Crippen LogP contribution in [0.2, 0.25) is 0 Å². The molecule has 2 fully saturated rings. The van der Waals surface area contributed by atoms with Crippen molar-refractivity contribution in [2.45, 2.75) is 71.1 Å². The Bertz CT molecular complexity index is 596. The Morgan fingerprint density at radius 1 is 1.08 bits per heavy atom. The molecule has 0 N–H and O–H groups in total. The Kier molecular flexibility index (Phi) is 4.52. The zero-order chi connectivity index (χ0) is 17.5. The van der Waals surface area contributed by atoms with E-state index in [4.69, 9.17) is 9.31 Å². The topological polar surface area (TPSA) is 38.8 Å². The van der Waals surface area contributed by atoms with Crippen molar-refractivity contribution in [1.29, 1.82) is 0 Å². The van der Waals surface area contributed by atoms with E-state index in [0.29, 0.717) is 6.04 Å². The van der Waals surface area contributed by atoms with Crippen LogP contribution in [0.25, 0.3) is 0 Å². The monoisotopic (exact) mass is 329 g/mol. The molecule has 2 saturated heterocycles. The number of piperidine rings is 1. The van der Waals surface area contributed by atoms with Gasteiger partial charge in [0.15, 0.2) is 0 Å². The first-order chi connectivity index (χ1) is 11.2. The Morgan fingerprint density at radius 2 is 1.67 bits per heavy atom. The molecule has 2 heterocycles. The summed E-state index contributed by atoms with van der Waals surface area (Å²) in [6.45, 7) is 11.2. The van der Waals surface area contributed by atoms with Crippen LogP contribution in [0, 0.1) is 0 Å². The second kappa shape index (κ2) is 6.19. The van der Waals surface area contributed by atoms with Gasteiger partial charge in [-0.05, 0) is 71.5 Å². The lowest BCUT2D eigenvalue weighted by Crippen LogP contribution is -2.42. The number of rotatable bonds is 2. The van der Waals surface area contributed by atoms with Crippen molar-refractivity contribution < 1.29 is 14.1 Å². The number of hydrogen-bond acceptors (Lipinski definition) is 3. The third-order valence-electron chi connectivity index (χ3n) is 5.75. The molecule has 0 aliphatic carbocycles. The number of hydrogen-bond donors (Lipinski definition) is 0. The van der Waals surface area contributed by atoms with Crippen molar-refractivity contribution in [1.82, 2.24) is 4.90 Å². The molecule has 0 radical (unpaired) electrons. The van der Waals surface area contributed by atoms with Crippen LogP contribution >= 0.6 is 0 Å². The van der Waals surface area contributed by atoms with Crippen molar-refractivity contribution in [2.75, 3.05) is 6.54 Å². The SMILES string of the molecule is CC1CCCCN1C(=O)c1ccc(B2OC(C)(C)C(C)(C)O2)cc1. The van der Waals surface area contributed by atoms with E-state index in [1.54, 1.807) is 0 Å². The average molecular weight is 329 g/mol. The van der Waals surface area contributed by atoms with Gasteiger partial charge in [0.1, 0.15) is 0 Å². The third kappa shape index (κ3) is 3.12. The van der Waals surface area contributed by atoms with Crippen LogP contribution in [0.4, 0.5) is 0 Å². The van der Waals surface area contributed by atoms with Gasteiger partial charge in [-0.3, -0.25) is 4.79 Å². The number of nitrogens with zero attached hydrogens (tertiary/aromatic N) is 1. The molecule has 4 nitrogen and oxygen atoms in total. The lowest BCUT2D eigenvalue weighted by Gasteiger charge is -2.33. The summed E-state index contributed by atoms with van der Waals surface area (Å²) in [6.07, 6.45) is 3.41. The molecule has 3 rings (SSSR count). The average Bonchev–Trinajstić information content (AvgIpc) is 2.75. The first kappa shape index (κ1) is 17.5. The van der Waals surface area contributed by atoms with E-state index in [1.807, 2.05) is 56.9 Å². The molecule has 130 valence electrons. The van der Waals surface area contributed by atoms with Crippen molar-refractivity contribution in [2.24, 2.45) is 0 Å². The Balaban J connectivity index is 1.73. The molecule has 2 aliphatic heterocycles. The molecule has 1 amide bonds. The van der Waals surface area contributed by atoms with Crippen molar-refractivity contribution in [3.8, 4) is 0 Å². The molecule has 1 atom stereocenters. The Hall–Kier alpha value is -1.33. The predicted molar refractivity (Wildman–Crippen MR) is 96.5 cm³/mol. The van der Waals surface area contributed by atoms with Gasteiger partial charge in [0.25, 0.3) is 5.91 Å². The van der Waals surface area contributed by atoms with Crippen LogP contribution in [-0.4, -0.2) is 41.7 Å². The lowest BCUT2D eigenvalue weighted by molar-refractivity contribution is 0.00578. The minimum atomic E-state index is -0.381. The molecule has 5 heteroatoms. The normalized spacial score (nSPS) is 25.8. The molecule has 1 aromatic carbocycles. The van der Waals surface area contributed by atoms with E-state index in [0.717, 1.165) is 30.4 Å². The molecule has 1 aromatic rings. The quantitative estimate of drug-likeness (QED) is 0.783. The van der Waals surface area contributed by atoms with Gasteiger partial charge in [0.05, 0.1) is 11.2 Å². The summed E-state index contributed by atoms with van der Waals surface area (Å²) in [4.78, 5) is 14.7. The highest BCUT2D eigenvalue weighted by molar-refractivity contribution is 6.62. The van der Waals surface area contributed by atoms with Gasteiger partial charge >= 0.3 is 7.12 Å². The summed E-state index contributed by atoms with van der Waals surface area (Å²) in [7, 11) is -0.381. The minimum Gasteiger partial charge on any atom is -0.399 e. The van der Waals surface area contributed by atoms with E-state index in [1.165, 1.54) is 6.42 Å². The Morgan fingerprint density at radius 3 is 2.21 bits per heavy atom. The van der Waals surface area contributed by atoms with E-state index in [-0.39, 0.29) is 24.2 Å². The zero-order valence-electron chi connectivity index (χ0n) is 15.5. The highest BCUT2D eigenvalue weighted by atomic mass is 16.7. The maximum Gasteiger partial charge on any atom is 0.494 e. The summed E-state index contributed by atoms with van der Waals surface area (Å²) in [5, 5.41) is 0. The highest BCUT2D eigenvalue weighted by Gasteiger charge is 2.51. The van der Waals surface area contributed by atoms with Gasteiger partial charge < -0.3 is 14.2 Å². The van der Waals surface area contributed by atoms with Gasteiger partial charge in [-0.2, -0.15) is 0 Å². The smallest absolute Gasteiger partial charge is 0.399 e. The Labute approximate surface area is 145 Å². The van der Waals surface area contributed by atoms with Crippen LogP contribution in [0.3, 0.4) is 0 Å². The summed E-state index contributed by atoms with van der Waals surface area (Å²) in [5.41, 5.74) is 0.992. The molecule has 0 aromatic heterocycles. The lowest BCUT2D eigenvalue weighted by atomic mass is 9.79. The zero-order valence-corrected chi connectivity index (χ0v) is 15.5. The largest absolute Gasteiger partial charge is 0.494 e. The number of carbonyl (C=O) groups is 1. The predicted octanol–water partition coefficient (Wildman–Crippen LogP) is 3.00. The molecule has 0 bridgehead atoms. The summed E-state index contributed by atoms with van der Waals surface area (Å²) < 4.78 is 12.1. The van der Waals surface area contributed by atoms with Crippen molar-refractivity contribution >= 4 is 18.5 Å². The van der Waals surface area contributed by atoms with Crippen LogP contribution in [-0.2, 0) is 9.31 Å².